The highest BCUT2D eigenvalue weighted by molar-refractivity contribution is 5.93. The van der Waals surface area contributed by atoms with E-state index in [9.17, 15) is 14.9 Å². The van der Waals surface area contributed by atoms with Crippen LogP contribution in [0.25, 0.3) is 0 Å². The van der Waals surface area contributed by atoms with E-state index in [0.717, 1.165) is 6.42 Å². The highest BCUT2D eigenvalue weighted by Crippen LogP contribution is 2.27. The van der Waals surface area contributed by atoms with E-state index in [4.69, 9.17) is 9.47 Å². The van der Waals surface area contributed by atoms with Crippen LogP contribution in [0.2, 0.25) is 0 Å². The molecule has 0 spiro atoms. The molecule has 0 saturated carbocycles. The molecule has 1 N–H and O–H groups in total. The molecule has 0 aliphatic rings. The van der Waals surface area contributed by atoms with Gasteiger partial charge in [0.25, 0.3) is 11.6 Å². The number of ether oxygens (including phenoxy) is 2. The maximum absolute atomic E-state index is 12.1. The minimum absolute atomic E-state index is 0.0444. The monoisotopic (exact) mass is 344 g/mol. The summed E-state index contributed by atoms with van der Waals surface area (Å²) in [5, 5.41) is 13.6. The molecule has 0 aliphatic carbocycles. The van der Waals surface area contributed by atoms with Crippen LogP contribution in [0.1, 0.15) is 18.9 Å². The molecule has 7 nitrogen and oxygen atoms in total. The summed E-state index contributed by atoms with van der Waals surface area (Å²) in [6.45, 7) is 3.91. The summed E-state index contributed by atoms with van der Waals surface area (Å²) in [5.74, 6) is 0.638. The third-order valence-electron chi connectivity index (χ3n) is 3.45. The SMILES string of the molecule is CCCOc1ccccc1OCC(=O)Nc1cccc([N+](=O)[O-])c1C. The Morgan fingerprint density at radius 3 is 2.44 bits per heavy atom. The fourth-order valence-corrected chi connectivity index (χ4v) is 2.19. The molecule has 0 saturated heterocycles. The van der Waals surface area contributed by atoms with Gasteiger partial charge in [-0.1, -0.05) is 25.1 Å². The molecule has 132 valence electrons. The Kier molecular flexibility index (Phi) is 6.33. The number of benzene rings is 2. The summed E-state index contributed by atoms with van der Waals surface area (Å²) in [7, 11) is 0. The molecule has 25 heavy (non-hydrogen) atoms. The van der Waals surface area contributed by atoms with Gasteiger partial charge in [0.2, 0.25) is 0 Å². The first-order valence-corrected chi connectivity index (χ1v) is 7.91. The lowest BCUT2D eigenvalue weighted by Gasteiger charge is -2.13. The van der Waals surface area contributed by atoms with Gasteiger partial charge in [0.05, 0.1) is 22.8 Å². The van der Waals surface area contributed by atoms with E-state index in [1.54, 1.807) is 31.2 Å². The van der Waals surface area contributed by atoms with E-state index >= 15 is 0 Å². The summed E-state index contributed by atoms with van der Waals surface area (Å²) in [6, 6.07) is 11.6. The van der Waals surface area contributed by atoms with Crippen LogP contribution >= 0.6 is 0 Å². The van der Waals surface area contributed by atoms with Gasteiger partial charge >= 0.3 is 0 Å². The van der Waals surface area contributed by atoms with Crippen molar-refractivity contribution in [2.75, 3.05) is 18.5 Å². The van der Waals surface area contributed by atoms with Crippen LogP contribution in [-0.4, -0.2) is 24.0 Å². The molecule has 0 heterocycles. The van der Waals surface area contributed by atoms with E-state index < -0.39 is 10.8 Å². The van der Waals surface area contributed by atoms with Gasteiger partial charge in [-0.2, -0.15) is 0 Å². The van der Waals surface area contributed by atoms with E-state index in [1.165, 1.54) is 12.1 Å². The number of nitrogens with zero attached hydrogens (tertiary/aromatic N) is 1. The minimum Gasteiger partial charge on any atom is -0.490 e. The van der Waals surface area contributed by atoms with Crippen molar-refractivity contribution in [3.05, 3.63) is 58.1 Å². The lowest BCUT2D eigenvalue weighted by Crippen LogP contribution is -2.21. The fourth-order valence-electron chi connectivity index (χ4n) is 2.19. The second-order valence-corrected chi connectivity index (χ2v) is 5.34. The molecule has 0 atom stereocenters. The highest BCUT2D eigenvalue weighted by Gasteiger charge is 2.15. The maximum atomic E-state index is 12.1. The first-order valence-electron chi connectivity index (χ1n) is 7.91. The molecule has 2 rings (SSSR count). The Bertz CT molecular complexity index is 761. The van der Waals surface area contributed by atoms with Crippen molar-refractivity contribution in [3.8, 4) is 11.5 Å². The average Bonchev–Trinajstić information content (AvgIpc) is 2.60. The molecule has 0 aliphatic heterocycles. The van der Waals surface area contributed by atoms with Crippen molar-refractivity contribution < 1.29 is 19.2 Å². The van der Waals surface area contributed by atoms with Gasteiger partial charge in [0, 0.05) is 6.07 Å². The second kappa shape index (κ2) is 8.68. The molecular formula is C18H20N2O5. The molecule has 0 unspecified atom stereocenters. The van der Waals surface area contributed by atoms with Crippen molar-refractivity contribution in [2.45, 2.75) is 20.3 Å². The van der Waals surface area contributed by atoms with Crippen LogP contribution in [-0.2, 0) is 4.79 Å². The Labute approximate surface area is 145 Å². The van der Waals surface area contributed by atoms with Gasteiger partial charge in [-0.3, -0.25) is 14.9 Å². The van der Waals surface area contributed by atoms with Crippen LogP contribution in [0.5, 0.6) is 11.5 Å². The normalized spacial score (nSPS) is 10.2. The van der Waals surface area contributed by atoms with Crippen LogP contribution in [0.15, 0.2) is 42.5 Å². The van der Waals surface area contributed by atoms with E-state index in [2.05, 4.69) is 5.32 Å². The molecule has 2 aromatic rings. The minimum atomic E-state index is -0.483. The lowest BCUT2D eigenvalue weighted by molar-refractivity contribution is -0.385. The first-order chi connectivity index (χ1) is 12.0. The summed E-state index contributed by atoms with van der Waals surface area (Å²) in [4.78, 5) is 22.6. The summed E-state index contributed by atoms with van der Waals surface area (Å²) in [6.07, 6.45) is 0.862. The number of nitrogens with one attached hydrogen (secondary N) is 1. The summed E-state index contributed by atoms with van der Waals surface area (Å²) in [5.41, 5.74) is 0.739. The van der Waals surface area contributed by atoms with Crippen molar-refractivity contribution in [2.24, 2.45) is 0 Å². The van der Waals surface area contributed by atoms with Crippen molar-refractivity contribution in [1.82, 2.24) is 0 Å². The fraction of sp³-hybridized carbons (Fsp3) is 0.278. The molecule has 0 fully saturated rings. The number of nitro groups is 1. The average molecular weight is 344 g/mol. The number of hydrogen-bond acceptors (Lipinski definition) is 5. The number of anilines is 1. The standard InChI is InChI=1S/C18H20N2O5/c1-3-11-24-16-9-4-5-10-17(16)25-12-18(21)19-14-7-6-8-15(13(14)2)20(22)23/h4-10H,3,11-12H2,1-2H3,(H,19,21). The maximum Gasteiger partial charge on any atom is 0.274 e. The molecule has 0 aromatic heterocycles. The quantitative estimate of drug-likeness (QED) is 0.582. The lowest BCUT2D eigenvalue weighted by atomic mass is 10.1. The molecule has 7 heteroatoms. The Morgan fingerprint density at radius 2 is 1.80 bits per heavy atom. The van der Waals surface area contributed by atoms with Crippen molar-refractivity contribution in [3.63, 3.8) is 0 Å². The number of rotatable bonds is 8. The first kappa shape index (κ1) is 18.3. The van der Waals surface area contributed by atoms with Gasteiger partial charge in [-0.05, 0) is 31.5 Å². The number of hydrogen-bond donors (Lipinski definition) is 1. The van der Waals surface area contributed by atoms with Gasteiger partial charge < -0.3 is 14.8 Å². The Morgan fingerprint density at radius 1 is 1.12 bits per heavy atom. The Hall–Kier alpha value is -3.09. The number of carbonyl (C=O) groups is 1. The predicted octanol–water partition coefficient (Wildman–Crippen LogP) is 3.71. The predicted molar refractivity (Wildman–Crippen MR) is 94.2 cm³/mol. The van der Waals surface area contributed by atoms with Crippen LogP contribution in [0.3, 0.4) is 0 Å². The Balaban J connectivity index is 2.00. The van der Waals surface area contributed by atoms with E-state index in [1.807, 2.05) is 13.0 Å². The largest absolute Gasteiger partial charge is 0.490 e. The highest BCUT2D eigenvalue weighted by atomic mass is 16.6. The zero-order valence-corrected chi connectivity index (χ0v) is 14.2. The molecule has 0 bridgehead atoms. The molecule has 2 aromatic carbocycles. The smallest absolute Gasteiger partial charge is 0.274 e. The number of para-hydroxylation sites is 2. The van der Waals surface area contributed by atoms with Gasteiger partial charge in [-0.25, -0.2) is 0 Å². The number of carbonyl (C=O) groups excluding carboxylic acids is 1. The molecular weight excluding hydrogens is 324 g/mol. The number of amides is 1. The van der Waals surface area contributed by atoms with Gasteiger partial charge in [0.15, 0.2) is 18.1 Å². The molecule has 0 radical (unpaired) electrons. The van der Waals surface area contributed by atoms with Crippen molar-refractivity contribution in [1.29, 1.82) is 0 Å². The molecule has 1 amide bonds. The third kappa shape index (κ3) is 4.94. The topological polar surface area (TPSA) is 90.7 Å². The summed E-state index contributed by atoms with van der Waals surface area (Å²) >= 11 is 0. The third-order valence-corrected chi connectivity index (χ3v) is 3.45. The zero-order valence-electron chi connectivity index (χ0n) is 14.2. The van der Waals surface area contributed by atoms with E-state index in [0.29, 0.717) is 29.4 Å². The van der Waals surface area contributed by atoms with E-state index in [-0.39, 0.29) is 12.3 Å². The van der Waals surface area contributed by atoms with Crippen molar-refractivity contribution >= 4 is 17.3 Å². The van der Waals surface area contributed by atoms with Gasteiger partial charge in [-0.15, -0.1) is 0 Å². The van der Waals surface area contributed by atoms with Crippen LogP contribution < -0.4 is 14.8 Å². The van der Waals surface area contributed by atoms with Crippen LogP contribution in [0, 0.1) is 17.0 Å². The van der Waals surface area contributed by atoms with Crippen LogP contribution in [0.4, 0.5) is 11.4 Å². The second-order valence-electron chi connectivity index (χ2n) is 5.34. The zero-order chi connectivity index (χ0) is 18.2. The van der Waals surface area contributed by atoms with Gasteiger partial charge in [0.1, 0.15) is 0 Å². The summed E-state index contributed by atoms with van der Waals surface area (Å²) < 4.78 is 11.1. The number of nitro benzene ring substituents is 1.